The molecule has 1 aromatic carbocycles. The fraction of sp³-hybridized carbons (Fsp3) is 0.385. The summed E-state index contributed by atoms with van der Waals surface area (Å²) in [6.07, 6.45) is -0.994. The first kappa shape index (κ1) is 14.6. The van der Waals surface area contributed by atoms with Gasteiger partial charge >= 0.3 is 5.97 Å². The number of morpholine rings is 1. The molecular weight excluding hydrogens is 286 g/mol. The van der Waals surface area contributed by atoms with Crippen LogP contribution in [0.25, 0.3) is 0 Å². The molecule has 7 heteroatoms. The minimum atomic E-state index is -1.08. The highest BCUT2D eigenvalue weighted by Crippen LogP contribution is 2.25. The van der Waals surface area contributed by atoms with Gasteiger partial charge in [-0.1, -0.05) is 11.6 Å². The van der Waals surface area contributed by atoms with Crippen molar-refractivity contribution in [2.75, 3.05) is 26.8 Å². The number of ether oxygens (including phenoxy) is 2. The lowest BCUT2D eigenvalue weighted by molar-refractivity contribution is -0.154. The summed E-state index contributed by atoms with van der Waals surface area (Å²) in [6, 6.07) is 4.70. The number of halogens is 1. The quantitative estimate of drug-likeness (QED) is 0.910. The Morgan fingerprint density at radius 2 is 2.25 bits per heavy atom. The van der Waals surface area contributed by atoms with Gasteiger partial charge in [-0.15, -0.1) is 0 Å². The van der Waals surface area contributed by atoms with Gasteiger partial charge in [0.25, 0.3) is 5.91 Å². The Hall–Kier alpha value is -1.79. The van der Waals surface area contributed by atoms with Crippen LogP contribution in [0.4, 0.5) is 0 Å². The highest BCUT2D eigenvalue weighted by Gasteiger charge is 2.30. The number of carboxylic acid groups (broad SMARTS) is 1. The average molecular weight is 300 g/mol. The van der Waals surface area contributed by atoms with Crippen molar-refractivity contribution >= 4 is 23.5 Å². The normalized spacial score (nSPS) is 18.7. The highest BCUT2D eigenvalue weighted by molar-refractivity contribution is 6.30. The van der Waals surface area contributed by atoms with E-state index in [1.807, 2.05) is 0 Å². The molecule has 0 unspecified atom stereocenters. The van der Waals surface area contributed by atoms with E-state index in [0.717, 1.165) is 0 Å². The van der Waals surface area contributed by atoms with Crippen molar-refractivity contribution in [2.45, 2.75) is 6.10 Å². The number of rotatable bonds is 3. The predicted octanol–water partition coefficient (Wildman–Crippen LogP) is 1.27. The standard InChI is InChI=1S/C13H14ClNO5/c1-19-10-6-8(14)2-3-9(10)12(16)15-4-5-20-11(7-15)13(17)18/h2-3,6,11H,4-5,7H2,1H3,(H,17,18)/t11-/m1/s1. The van der Waals surface area contributed by atoms with Crippen molar-refractivity contribution in [2.24, 2.45) is 0 Å². The van der Waals surface area contributed by atoms with Gasteiger partial charge in [-0.2, -0.15) is 0 Å². The van der Waals surface area contributed by atoms with E-state index in [9.17, 15) is 9.59 Å². The number of carbonyl (C=O) groups is 2. The number of nitrogens with zero attached hydrogens (tertiary/aromatic N) is 1. The molecular formula is C13H14ClNO5. The van der Waals surface area contributed by atoms with Crippen LogP contribution in [0.1, 0.15) is 10.4 Å². The number of carboxylic acids is 1. The van der Waals surface area contributed by atoms with Crippen LogP contribution in [0.3, 0.4) is 0 Å². The van der Waals surface area contributed by atoms with E-state index < -0.39 is 12.1 Å². The molecule has 1 atom stereocenters. The second kappa shape index (κ2) is 6.11. The fourth-order valence-corrected chi connectivity index (χ4v) is 2.16. The van der Waals surface area contributed by atoms with E-state index in [1.165, 1.54) is 12.0 Å². The average Bonchev–Trinajstić information content (AvgIpc) is 2.46. The maximum atomic E-state index is 12.4. The van der Waals surface area contributed by atoms with E-state index >= 15 is 0 Å². The van der Waals surface area contributed by atoms with Gasteiger partial charge < -0.3 is 19.5 Å². The Bertz CT molecular complexity index is 533. The summed E-state index contributed by atoms with van der Waals surface area (Å²) in [4.78, 5) is 24.8. The summed E-state index contributed by atoms with van der Waals surface area (Å²) >= 11 is 5.85. The molecule has 1 aliphatic heterocycles. The van der Waals surface area contributed by atoms with Gasteiger partial charge in [0.15, 0.2) is 6.10 Å². The van der Waals surface area contributed by atoms with E-state index in [-0.39, 0.29) is 19.1 Å². The van der Waals surface area contributed by atoms with Crippen LogP contribution in [-0.4, -0.2) is 54.8 Å². The zero-order valence-electron chi connectivity index (χ0n) is 10.8. The zero-order chi connectivity index (χ0) is 14.7. The molecule has 20 heavy (non-hydrogen) atoms. The molecule has 1 aliphatic rings. The van der Waals surface area contributed by atoms with E-state index in [0.29, 0.717) is 22.9 Å². The number of hydrogen-bond donors (Lipinski definition) is 1. The van der Waals surface area contributed by atoms with Crippen molar-refractivity contribution in [1.82, 2.24) is 4.90 Å². The number of methoxy groups -OCH3 is 1. The van der Waals surface area contributed by atoms with E-state index in [1.54, 1.807) is 18.2 Å². The highest BCUT2D eigenvalue weighted by atomic mass is 35.5. The maximum absolute atomic E-state index is 12.4. The molecule has 0 spiro atoms. The first-order valence-electron chi connectivity index (χ1n) is 6.00. The molecule has 108 valence electrons. The number of benzene rings is 1. The molecule has 0 aliphatic carbocycles. The second-order valence-electron chi connectivity index (χ2n) is 4.29. The van der Waals surface area contributed by atoms with Crippen LogP contribution in [0.5, 0.6) is 5.75 Å². The first-order valence-corrected chi connectivity index (χ1v) is 6.38. The molecule has 0 radical (unpaired) electrons. The molecule has 2 rings (SSSR count). The fourth-order valence-electron chi connectivity index (χ4n) is 2.00. The summed E-state index contributed by atoms with van der Waals surface area (Å²) in [5.41, 5.74) is 0.350. The maximum Gasteiger partial charge on any atom is 0.334 e. The van der Waals surface area contributed by atoms with Crippen molar-refractivity contribution < 1.29 is 24.2 Å². The molecule has 1 aromatic rings. The van der Waals surface area contributed by atoms with Gasteiger partial charge in [-0.05, 0) is 18.2 Å². The predicted molar refractivity (Wildman–Crippen MR) is 71.3 cm³/mol. The lowest BCUT2D eigenvalue weighted by Gasteiger charge is -2.31. The molecule has 1 amide bonds. The summed E-state index contributed by atoms with van der Waals surface area (Å²) in [5.74, 6) is -1.01. The van der Waals surface area contributed by atoms with Gasteiger partial charge in [0.05, 0.1) is 25.8 Å². The van der Waals surface area contributed by atoms with Crippen molar-refractivity contribution in [1.29, 1.82) is 0 Å². The van der Waals surface area contributed by atoms with E-state index in [2.05, 4.69) is 0 Å². The van der Waals surface area contributed by atoms with Crippen molar-refractivity contribution in [3.63, 3.8) is 0 Å². The van der Waals surface area contributed by atoms with Gasteiger partial charge in [-0.25, -0.2) is 4.79 Å². The van der Waals surface area contributed by atoms with E-state index in [4.69, 9.17) is 26.2 Å². The Morgan fingerprint density at radius 1 is 1.50 bits per heavy atom. The SMILES string of the molecule is COc1cc(Cl)ccc1C(=O)N1CCO[C@@H](C(=O)O)C1. The second-order valence-corrected chi connectivity index (χ2v) is 4.73. The number of carbonyl (C=O) groups excluding carboxylic acids is 1. The lowest BCUT2D eigenvalue weighted by atomic mass is 10.1. The van der Waals surface area contributed by atoms with Crippen LogP contribution in [0.2, 0.25) is 5.02 Å². The minimum Gasteiger partial charge on any atom is -0.496 e. The third-order valence-electron chi connectivity index (χ3n) is 3.02. The van der Waals surface area contributed by atoms with Crippen LogP contribution >= 0.6 is 11.6 Å². The summed E-state index contributed by atoms with van der Waals surface area (Å²) in [6.45, 7) is 0.549. The topological polar surface area (TPSA) is 76.1 Å². The molecule has 1 fully saturated rings. The van der Waals surface area contributed by atoms with Gasteiger partial charge in [0, 0.05) is 11.6 Å². The third-order valence-corrected chi connectivity index (χ3v) is 3.26. The van der Waals surface area contributed by atoms with Crippen molar-refractivity contribution in [3.8, 4) is 5.75 Å². The summed E-state index contributed by atoms with van der Waals surface area (Å²) in [7, 11) is 1.45. The summed E-state index contributed by atoms with van der Waals surface area (Å²) in [5, 5.41) is 9.40. The Kier molecular flexibility index (Phi) is 4.46. The molecule has 1 heterocycles. The Balaban J connectivity index is 2.20. The molecule has 1 saturated heterocycles. The number of hydrogen-bond acceptors (Lipinski definition) is 4. The minimum absolute atomic E-state index is 0.0138. The van der Waals surface area contributed by atoms with Crippen molar-refractivity contribution in [3.05, 3.63) is 28.8 Å². The summed E-state index contributed by atoms with van der Waals surface area (Å²) < 4.78 is 10.2. The van der Waals surface area contributed by atoms with Gasteiger partial charge in [0.2, 0.25) is 0 Å². The Morgan fingerprint density at radius 3 is 2.90 bits per heavy atom. The van der Waals surface area contributed by atoms with Crippen LogP contribution in [0, 0.1) is 0 Å². The Labute approximate surface area is 120 Å². The van der Waals surface area contributed by atoms with Gasteiger partial charge in [-0.3, -0.25) is 4.79 Å². The van der Waals surface area contributed by atoms with Gasteiger partial charge in [0.1, 0.15) is 5.75 Å². The lowest BCUT2D eigenvalue weighted by Crippen LogP contribution is -2.48. The zero-order valence-corrected chi connectivity index (χ0v) is 11.6. The monoisotopic (exact) mass is 299 g/mol. The molecule has 6 nitrogen and oxygen atoms in total. The van der Waals surface area contributed by atoms with Crippen LogP contribution in [-0.2, 0) is 9.53 Å². The molecule has 0 saturated carbocycles. The van der Waals surface area contributed by atoms with Crippen LogP contribution < -0.4 is 4.74 Å². The smallest absolute Gasteiger partial charge is 0.334 e. The molecule has 0 bridgehead atoms. The largest absolute Gasteiger partial charge is 0.496 e. The number of amides is 1. The third kappa shape index (κ3) is 3.02. The molecule has 0 aromatic heterocycles. The number of aliphatic carboxylic acids is 1. The first-order chi connectivity index (χ1) is 9.52. The van der Waals surface area contributed by atoms with Crippen LogP contribution in [0.15, 0.2) is 18.2 Å². The molecule has 1 N–H and O–H groups in total.